The van der Waals surface area contributed by atoms with Crippen molar-refractivity contribution in [2.75, 3.05) is 18.9 Å². The van der Waals surface area contributed by atoms with Crippen LogP contribution in [0.2, 0.25) is 0 Å². The minimum absolute atomic E-state index is 0.0295. The SMILES string of the molecule is C=Cc1nc(N)c2ncn([C@@H]3O[C@H](COP(=O)(O)OP(=O)(O)OC[C@H]4O[C@@H](c5nc(C(N)=O)cs5)[C@@H]5OC(C)(C)O[C@@H]54)[C@H]4OC(C)(C)O[C@H]43)c2n1. The van der Waals surface area contributed by atoms with Crippen molar-refractivity contribution in [1.82, 2.24) is 24.5 Å². The standard InChI is InChI=1S/C27H35N7O14P2S/c1-6-14-32-21(28)15-23(33-14)34(10-30-15)25-20-17(45-27(4,5)47-20)13(43-25)8-41-50(38,39)48-49(36,37)40-7-12-16-18(46-26(2,3)44-16)19(42-12)24-31-11(9-51-24)22(29)35/h6,9-10,12-13,16-20,25H,1,7-8H2,2-5H3,(H2,29,35)(H,36,37)(H,38,39)(H2,28,32,33)/t12-,13-,16-,17-,18-,19-,20-,25-/m1/s1. The molecule has 0 aliphatic carbocycles. The van der Waals surface area contributed by atoms with Gasteiger partial charge in [-0.05, 0) is 33.8 Å². The summed E-state index contributed by atoms with van der Waals surface area (Å²) in [5.74, 6) is -2.50. The van der Waals surface area contributed by atoms with Crippen LogP contribution in [0.25, 0.3) is 17.2 Å². The summed E-state index contributed by atoms with van der Waals surface area (Å²) in [6.45, 7) is 9.10. The summed E-state index contributed by atoms with van der Waals surface area (Å²) < 4.78 is 78.3. The van der Waals surface area contributed by atoms with E-state index in [0.29, 0.717) is 16.2 Å². The number of aromatic nitrogens is 5. The Bertz CT molecular complexity index is 1960. The highest BCUT2D eigenvalue weighted by Crippen LogP contribution is 2.61. The maximum Gasteiger partial charge on any atom is 0.481 e. The summed E-state index contributed by atoms with van der Waals surface area (Å²) in [7, 11) is -10.5. The molecule has 24 heteroatoms. The van der Waals surface area contributed by atoms with E-state index in [9.17, 15) is 23.7 Å². The Morgan fingerprint density at radius 1 is 0.980 bits per heavy atom. The molecule has 6 N–H and O–H groups in total. The number of carbonyl (C=O) groups is 1. The van der Waals surface area contributed by atoms with Crippen molar-refractivity contribution in [3.63, 3.8) is 0 Å². The smallest absolute Gasteiger partial charge is 0.382 e. The van der Waals surface area contributed by atoms with Gasteiger partial charge in [0.2, 0.25) is 0 Å². The molecule has 4 saturated heterocycles. The van der Waals surface area contributed by atoms with E-state index in [1.165, 1.54) is 17.8 Å². The van der Waals surface area contributed by atoms with Crippen molar-refractivity contribution in [2.45, 2.75) is 88.2 Å². The first-order valence-electron chi connectivity index (χ1n) is 15.4. The predicted molar refractivity (Wildman–Crippen MR) is 172 cm³/mol. The number of nitrogen functional groups attached to an aromatic ring is 1. The van der Waals surface area contributed by atoms with E-state index in [4.69, 9.17) is 48.9 Å². The molecule has 4 aliphatic heterocycles. The fourth-order valence-electron chi connectivity index (χ4n) is 6.31. The van der Waals surface area contributed by atoms with Crippen LogP contribution in [0, 0.1) is 0 Å². The van der Waals surface area contributed by atoms with Gasteiger partial charge in [-0.2, -0.15) is 4.31 Å². The molecule has 10 atom stereocenters. The number of hydrogen-bond acceptors (Lipinski definition) is 18. The molecule has 1 amide bonds. The molecule has 4 aliphatic rings. The van der Waals surface area contributed by atoms with Crippen molar-refractivity contribution < 1.29 is 65.5 Å². The Morgan fingerprint density at radius 2 is 1.57 bits per heavy atom. The van der Waals surface area contributed by atoms with E-state index < -0.39 is 95.3 Å². The van der Waals surface area contributed by atoms with Crippen molar-refractivity contribution in [3.05, 3.63) is 34.8 Å². The largest absolute Gasteiger partial charge is 0.481 e. The normalized spacial score (nSPS) is 33.1. The Labute approximate surface area is 293 Å². The number of primary amides is 1. The number of fused-ring (bicyclic) bond motifs is 3. The number of thiazole rings is 1. The molecule has 0 spiro atoms. The lowest BCUT2D eigenvalue weighted by Crippen LogP contribution is -2.33. The van der Waals surface area contributed by atoms with Gasteiger partial charge in [0.05, 0.1) is 19.5 Å². The zero-order chi connectivity index (χ0) is 36.7. The van der Waals surface area contributed by atoms with Gasteiger partial charge >= 0.3 is 15.6 Å². The van der Waals surface area contributed by atoms with Crippen LogP contribution in [0.15, 0.2) is 18.3 Å². The van der Waals surface area contributed by atoms with Crippen LogP contribution in [0.5, 0.6) is 0 Å². The number of imidazole rings is 1. The molecule has 7 heterocycles. The minimum Gasteiger partial charge on any atom is -0.382 e. The second kappa shape index (κ2) is 13.0. The Kier molecular flexibility index (Phi) is 9.29. The highest BCUT2D eigenvalue weighted by atomic mass is 32.1. The van der Waals surface area contributed by atoms with Gasteiger partial charge in [-0.1, -0.05) is 6.58 Å². The van der Waals surface area contributed by atoms with Gasteiger partial charge < -0.3 is 49.7 Å². The number of nitrogens with two attached hydrogens (primary N) is 2. The quantitative estimate of drug-likeness (QED) is 0.191. The number of amides is 1. The summed E-state index contributed by atoms with van der Waals surface area (Å²) >= 11 is 1.11. The second-order valence-electron chi connectivity index (χ2n) is 12.8. The van der Waals surface area contributed by atoms with Gasteiger partial charge in [-0.25, -0.2) is 29.1 Å². The molecule has 51 heavy (non-hydrogen) atoms. The Morgan fingerprint density at radius 3 is 2.18 bits per heavy atom. The summed E-state index contributed by atoms with van der Waals surface area (Å²) in [6.07, 6.45) is -4.08. The summed E-state index contributed by atoms with van der Waals surface area (Å²) in [5, 5.41) is 1.82. The van der Waals surface area contributed by atoms with Gasteiger partial charge in [0.15, 0.2) is 35.1 Å². The molecule has 278 valence electrons. The number of hydrogen-bond donors (Lipinski definition) is 4. The highest BCUT2D eigenvalue weighted by molar-refractivity contribution is 7.61. The van der Waals surface area contributed by atoms with E-state index in [2.05, 4.69) is 30.8 Å². The van der Waals surface area contributed by atoms with Crippen LogP contribution in [0.1, 0.15) is 61.3 Å². The first-order chi connectivity index (χ1) is 23.8. The van der Waals surface area contributed by atoms with E-state index in [0.717, 1.165) is 11.3 Å². The highest BCUT2D eigenvalue weighted by Gasteiger charge is 2.58. The molecule has 7 rings (SSSR count). The average molecular weight is 776 g/mol. The number of phosphoric ester groups is 2. The van der Waals surface area contributed by atoms with Crippen LogP contribution in [0.3, 0.4) is 0 Å². The third kappa shape index (κ3) is 7.27. The molecular formula is C27H35N7O14P2S. The monoisotopic (exact) mass is 775 g/mol. The molecule has 0 bridgehead atoms. The van der Waals surface area contributed by atoms with Crippen LogP contribution < -0.4 is 11.5 Å². The predicted octanol–water partition coefficient (Wildman–Crippen LogP) is 1.94. The van der Waals surface area contributed by atoms with Crippen molar-refractivity contribution in [2.24, 2.45) is 5.73 Å². The maximum atomic E-state index is 13.0. The van der Waals surface area contributed by atoms with E-state index >= 15 is 0 Å². The molecule has 0 saturated carbocycles. The second-order valence-corrected chi connectivity index (χ2v) is 16.8. The van der Waals surface area contributed by atoms with Gasteiger partial charge in [0.25, 0.3) is 5.91 Å². The van der Waals surface area contributed by atoms with Crippen molar-refractivity contribution in [3.8, 4) is 0 Å². The zero-order valence-corrected chi connectivity index (χ0v) is 30.1. The number of ether oxygens (including phenoxy) is 6. The number of anilines is 1. The van der Waals surface area contributed by atoms with E-state index in [1.807, 2.05) is 0 Å². The van der Waals surface area contributed by atoms with Crippen LogP contribution >= 0.6 is 27.0 Å². The first kappa shape index (κ1) is 36.6. The van der Waals surface area contributed by atoms with Gasteiger partial charge in [0, 0.05) is 5.38 Å². The maximum absolute atomic E-state index is 13.0. The van der Waals surface area contributed by atoms with E-state index in [-0.39, 0.29) is 17.3 Å². The molecule has 0 aromatic carbocycles. The molecule has 2 unspecified atom stereocenters. The lowest BCUT2D eigenvalue weighted by Gasteiger charge is -2.25. The number of phosphoric acid groups is 2. The molecule has 0 radical (unpaired) electrons. The third-order valence-electron chi connectivity index (χ3n) is 8.23. The topological polar surface area (TPSA) is 283 Å². The zero-order valence-electron chi connectivity index (χ0n) is 27.5. The van der Waals surface area contributed by atoms with Crippen LogP contribution in [0.4, 0.5) is 5.82 Å². The Balaban J connectivity index is 1.00. The fraction of sp³-hybridized carbons (Fsp3) is 0.593. The number of rotatable bonds is 12. The summed E-state index contributed by atoms with van der Waals surface area (Å²) in [6, 6.07) is 0. The van der Waals surface area contributed by atoms with Gasteiger partial charge in [-0.3, -0.25) is 18.4 Å². The van der Waals surface area contributed by atoms with Crippen LogP contribution in [-0.2, 0) is 50.9 Å². The molecule has 4 fully saturated rings. The van der Waals surface area contributed by atoms with Crippen LogP contribution in [-0.4, -0.2) is 102 Å². The fourth-order valence-corrected chi connectivity index (χ4v) is 9.28. The van der Waals surface area contributed by atoms with Crippen molar-refractivity contribution >= 4 is 55.9 Å². The number of nitrogens with zero attached hydrogens (tertiary/aromatic N) is 5. The molecule has 3 aromatic heterocycles. The lowest BCUT2D eigenvalue weighted by atomic mass is 10.1. The molecular weight excluding hydrogens is 740 g/mol. The first-order valence-corrected chi connectivity index (χ1v) is 19.3. The third-order valence-corrected chi connectivity index (χ3v) is 11.7. The average Bonchev–Trinajstić information content (AvgIpc) is 3.86. The van der Waals surface area contributed by atoms with E-state index in [1.54, 1.807) is 32.3 Å². The number of carbonyl (C=O) groups excluding carboxylic acids is 1. The van der Waals surface area contributed by atoms with Crippen molar-refractivity contribution in [1.29, 1.82) is 0 Å². The summed E-state index contributed by atoms with van der Waals surface area (Å²) in [5.41, 5.74) is 12.0. The lowest BCUT2D eigenvalue weighted by molar-refractivity contribution is -0.199. The van der Waals surface area contributed by atoms with Gasteiger partial charge in [0.1, 0.15) is 58.9 Å². The van der Waals surface area contributed by atoms with Gasteiger partial charge in [-0.15, -0.1) is 11.3 Å². The minimum atomic E-state index is -5.27. The summed E-state index contributed by atoms with van der Waals surface area (Å²) in [4.78, 5) is 49.5. The Hall–Kier alpha value is -2.79. The molecule has 3 aromatic rings. The molecule has 21 nitrogen and oxygen atoms in total.